The number of hydrogen-bond acceptors (Lipinski definition) is 4. The first-order valence-corrected chi connectivity index (χ1v) is 9.82. The summed E-state index contributed by atoms with van der Waals surface area (Å²) in [5, 5.41) is 0.507. The highest BCUT2D eigenvalue weighted by Crippen LogP contribution is 2.26. The standard InChI is InChI=1S/C21H19Cl2NO4/c22-11-10-18(20(26)14-6-8-16(23)9-7-14)28-21(27)15-12-19(25)24(13-15)17-4-2-1-3-5-17/h1-9,15,18H,10-13H2/t15-,18-/m1/s1. The van der Waals surface area contributed by atoms with Crippen LogP contribution in [0.5, 0.6) is 0 Å². The Labute approximate surface area is 173 Å². The number of benzene rings is 2. The molecule has 28 heavy (non-hydrogen) atoms. The van der Waals surface area contributed by atoms with Crippen molar-refractivity contribution in [3.8, 4) is 0 Å². The molecule has 0 N–H and O–H groups in total. The van der Waals surface area contributed by atoms with Crippen LogP contribution < -0.4 is 4.90 Å². The van der Waals surface area contributed by atoms with E-state index in [2.05, 4.69) is 0 Å². The Kier molecular flexibility index (Phi) is 6.70. The fourth-order valence-electron chi connectivity index (χ4n) is 3.10. The van der Waals surface area contributed by atoms with E-state index in [9.17, 15) is 14.4 Å². The summed E-state index contributed by atoms with van der Waals surface area (Å²) in [6, 6.07) is 15.5. The van der Waals surface area contributed by atoms with Crippen molar-refractivity contribution in [2.45, 2.75) is 18.9 Å². The molecule has 0 radical (unpaired) electrons. The molecule has 1 aliphatic heterocycles. The first kappa shape index (κ1) is 20.4. The molecule has 3 rings (SSSR count). The van der Waals surface area contributed by atoms with Gasteiger partial charge in [-0.15, -0.1) is 11.6 Å². The Morgan fingerprint density at radius 1 is 1.11 bits per heavy atom. The van der Waals surface area contributed by atoms with Crippen molar-refractivity contribution in [2.75, 3.05) is 17.3 Å². The van der Waals surface area contributed by atoms with E-state index in [-0.39, 0.29) is 37.0 Å². The van der Waals surface area contributed by atoms with Crippen LogP contribution in [-0.4, -0.2) is 36.2 Å². The van der Waals surface area contributed by atoms with Crippen LogP contribution in [0.4, 0.5) is 5.69 Å². The van der Waals surface area contributed by atoms with E-state index in [1.165, 1.54) is 0 Å². The maximum Gasteiger partial charge on any atom is 0.312 e. The number of alkyl halides is 1. The first-order valence-electron chi connectivity index (χ1n) is 8.91. The third kappa shape index (κ3) is 4.72. The number of para-hydroxylation sites is 1. The van der Waals surface area contributed by atoms with Gasteiger partial charge in [0, 0.05) is 41.5 Å². The third-order valence-corrected chi connectivity index (χ3v) is 5.05. The van der Waals surface area contributed by atoms with Crippen LogP contribution >= 0.6 is 23.2 Å². The quantitative estimate of drug-likeness (QED) is 0.384. The number of ketones is 1. The molecular formula is C21H19Cl2NO4. The molecule has 1 fully saturated rings. The summed E-state index contributed by atoms with van der Waals surface area (Å²) in [7, 11) is 0. The van der Waals surface area contributed by atoms with Crippen LogP contribution in [0.25, 0.3) is 0 Å². The molecule has 2 aromatic rings. The maximum atomic E-state index is 12.7. The summed E-state index contributed by atoms with van der Waals surface area (Å²) in [6.45, 7) is 0.227. The summed E-state index contributed by atoms with van der Waals surface area (Å²) >= 11 is 11.6. The number of nitrogens with zero attached hydrogens (tertiary/aromatic N) is 1. The van der Waals surface area contributed by atoms with Crippen molar-refractivity contribution in [2.24, 2.45) is 5.92 Å². The van der Waals surface area contributed by atoms with E-state index in [1.807, 2.05) is 30.3 Å². The molecule has 0 aliphatic carbocycles. The zero-order valence-electron chi connectivity index (χ0n) is 15.0. The van der Waals surface area contributed by atoms with Gasteiger partial charge in [0.25, 0.3) is 0 Å². The molecule has 0 unspecified atom stereocenters. The molecule has 1 aliphatic rings. The van der Waals surface area contributed by atoms with Crippen LogP contribution in [0, 0.1) is 5.92 Å². The molecule has 1 amide bonds. The fraction of sp³-hybridized carbons (Fsp3) is 0.286. The lowest BCUT2D eigenvalue weighted by Gasteiger charge is -2.19. The third-order valence-electron chi connectivity index (χ3n) is 4.58. The van der Waals surface area contributed by atoms with Gasteiger partial charge >= 0.3 is 5.97 Å². The molecule has 0 saturated carbocycles. The number of hydrogen-bond donors (Lipinski definition) is 0. The normalized spacial score (nSPS) is 17.4. The number of esters is 1. The van der Waals surface area contributed by atoms with Crippen LogP contribution in [0.3, 0.4) is 0 Å². The number of carbonyl (C=O) groups is 3. The molecule has 146 valence electrons. The van der Waals surface area contributed by atoms with Gasteiger partial charge < -0.3 is 9.64 Å². The Balaban J connectivity index is 1.68. The van der Waals surface area contributed by atoms with Gasteiger partial charge in [0.05, 0.1) is 5.92 Å². The lowest BCUT2D eigenvalue weighted by Crippen LogP contribution is -2.32. The minimum Gasteiger partial charge on any atom is -0.454 e. The smallest absolute Gasteiger partial charge is 0.312 e. The van der Waals surface area contributed by atoms with Crippen molar-refractivity contribution in [3.63, 3.8) is 0 Å². The van der Waals surface area contributed by atoms with Crippen molar-refractivity contribution in [3.05, 3.63) is 65.2 Å². The molecule has 1 heterocycles. The maximum absolute atomic E-state index is 12.7. The van der Waals surface area contributed by atoms with Crippen LogP contribution in [-0.2, 0) is 14.3 Å². The molecule has 2 aromatic carbocycles. The topological polar surface area (TPSA) is 63.7 Å². The molecule has 2 atom stereocenters. The number of ether oxygens (including phenoxy) is 1. The minimum atomic E-state index is -0.993. The van der Waals surface area contributed by atoms with Gasteiger partial charge in [0.2, 0.25) is 11.7 Å². The van der Waals surface area contributed by atoms with Gasteiger partial charge in [-0.2, -0.15) is 0 Å². The largest absolute Gasteiger partial charge is 0.454 e. The Hall–Kier alpha value is -2.37. The number of halogens is 2. The molecule has 1 saturated heterocycles. The van der Waals surface area contributed by atoms with E-state index in [4.69, 9.17) is 27.9 Å². The van der Waals surface area contributed by atoms with E-state index < -0.39 is 18.0 Å². The lowest BCUT2D eigenvalue weighted by molar-refractivity contribution is -0.151. The summed E-state index contributed by atoms with van der Waals surface area (Å²) in [5.74, 6) is -1.51. The van der Waals surface area contributed by atoms with Gasteiger partial charge in [-0.05, 0) is 36.4 Å². The molecule has 0 spiro atoms. The molecule has 7 heteroatoms. The van der Waals surface area contributed by atoms with Crippen molar-refractivity contribution in [1.29, 1.82) is 0 Å². The number of Topliss-reactive ketones (excluding diaryl/α,β-unsaturated/α-hetero) is 1. The highest BCUT2D eigenvalue weighted by atomic mass is 35.5. The number of rotatable bonds is 7. The average molecular weight is 420 g/mol. The highest BCUT2D eigenvalue weighted by Gasteiger charge is 2.38. The molecule has 5 nitrogen and oxygen atoms in total. The SMILES string of the molecule is O=C(O[C@H](CCCl)C(=O)c1ccc(Cl)cc1)[C@@H]1CC(=O)N(c2ccccc2)C1. The van der Waals surface area contributed by atoms with Crippen molar-refractivity contribution >= 4 is 46.5 Å². The second kappa shape index (κ2) is 9.22. The van der Waals surface area contributed by atoms with Gasteiger partial charge in [0.1, 0.15) is 0 Å². The van der Waals surface area contributed by atoms with Gasteiger partial charge in [-0.1, -0.05) is 29.8 Å². The van der Waals surface area contributed by atoms with E-state index in [0.29, 0.717) is 10.6 Å². The summed E-state index contributed by atoms with van der Waals surface area (Å²) in [4.78, 5) is 39.2. The van der Waals surface area contributed by atoms with Crippen molar-refractivity contribution in [1.82, 2.24) is 0 Å². The zero-order chi connectivity index (χ0) is 20.1. The summed E-state index contributed by atoms with van der Waals surface area (Å²) < 4.78 is 5.47. The van der Waals surface area contributed by atoms with Crippen molar-refractivity contribution < 1.29 is 19.1 Å². The Morgan fingerprint density at radius 2 is 1.79 bits per heavy atom. The van der Waals surface area contributed by atoms with E-state index in [1.54, 1.807) is 29.2 Å². The Bertz CT molecular complexity index is 854. The van der Waals surface area contributed by atoms with Gasteiger partial charge in [-0.3, -0.25) is 14.4 Å². The number of carbonyl (C=O) groups excluding carboxylic acids is 3. The zero-order valence-corrected chi connectivity index (χ0v) is 16.5. The second-order valence-corrected chi connectivity index (χ2v) is 7.33. The molecule has 0 bridgehead atoms. The predicted molar refractivity (Wildman–Crippen MR) is 108 cm³/mol. The summed E-state index contributed by atoms with van der Waals surface area (Å²) in [6.07, 6.45) is -0.749. The first-order chi connectivity index (χ1) is 13.5. The van der Waals surface area contributed by atoms with E-state index >= 15 is 0 Å². The van der Waals surface area contributed by atoms with Gasteiger partial charge in [-0.25, -0.2) is 0 Å². The van der Waals surface area contributed by atoms with Crippen LogP contribution in [0.15, 0.2) is 54.6 Å². The van der Waals surface area contributed by atoms with Crippen LogP contribution in [0.1, 0.15) is 23.2 Å². The minimum absolute atomic E-state index is 0.0520. The van der Waals surface area contributed by atoms with Gasteiger partial charge in [0.15, 0.2) is 6.10 Å². The predicted octanol–water partition coefficient (Wildman–Crippen LogP) is 4.12. The Morgan fingerprint density at radius 3 is 2.43 bits per heavy atom. The molecule has 0 aromatic heterocycles. The average Bonchev–Trinajstić information content (AvgIpc) is 3.10. The monoisotopic (exact) mass is 419 g/mol. The fourth-order valence-corrected chi connectivity index (χ4v) is 3.43. The van der Waals surface area contributed by atoms with E-state index in [0.717, 1.165) is 5.69 Å². The number of amides is 1. The highest BCUT2D eigenvalue weighted by molar-refractivity contribution is 6.30. The lowest BCUT2D eigenvalue weighted by atomic mass is 10.0. The number of anilines is 1. The summed E-state index contributed by atoms with van der Waals surface area (Å²) in [5.41, 5.74) is 1.12. The van der Waals surface area contributed by atoms with Crippen LogP contribution in [0.2, 0.25) is 5.02 Å². The molecular weight excluding hydrogens is 401 g/mol. The second-order valence-electron chi connectivity index (χ2n) is 6.52.